The highest BCUT2D eigenvalue weighted by atomic mass is 16.6. The molecule has 2 aliphatic rings. The molecule has 1 aliphatic carbocycles. The van der Waals surface area contributed by atoms with Gasteiger partial charge in [0.1, 0.15) is 24.4 Å². The van der Waals surface area contributed by atoms with Crippen molar-refractivity contribution in [2.45, 2.75) is 56.3 Å². The number of fused-ring (bicyclic) bond motifs is 1. The molecule has 2 fully saturated rings. The summed E-state index contributed by atoms with van der Waals surface area (Å²) < 4.78 is 18.3. The summed E-state index contributed by atoms with van der Waals surface area (Å²) in [6.07, 6.45) is 1.59. The van der Waals surface area contributed by atoms with Crippen molar-refractivity contribution < 1.29 is 29.5 Å². The van der Waals surface area contributed by atoms with Crippen molar-refractivity contribution in [3.63, 3.8) is 0 Å². The third-order valence-electron chi connectivity index (χ3n) is 5.13. The average Bonchev–Trinajstić information content (AvgIpc) is 3.39. The molecule has 2 aromatic rings. The van der Waals surface area contributed by atoms with E-state index in [4.69, 9.17) is 25.1 Å². The highest BCUT2D eigenvalue weighted by Crippen LogP contribution is 2.33. The number of rotatable bonds is 7. The molecule has 0 spiro atoms. The van der Waals surface area contributed by atoms with Gasteiger partial charge in [0, 0.05) is 0 Å². The van der Waals surface area contributed by atoms with Gasteiger partial charge in [0.2, 0.25) is 0 Å². The quantitative estimate of drug-likeness (QED) is 0.444. The third-order valence-corrected chi connectivity index (χ3v) is 5.13. The van der Waals surface area contributed by atoms with E-state index in [0.29, 0.717) is 11.2 Å². The summed E-state index contributed by atoms with van der Waals surface area (Å²) in [5.74, 6) is 0.174. The van der Waals surface area contributed by atoms with E-state index in [2.05, 4.69) is 15.0 Å². The summed E-state index contributed by atoms with van der Waals surface area (Å²) in [7, 11) is 0. The normalized spacial score (nSPS) is 28.4. The molecule has 0 aromatic carbocycles. The number of ether oxygens (including phenoxy) is 3. The van der Waals surface area contributed by atoms with Gasteiger partial charge in [-0.2, -0.15) is 9.97 Å². The molecule has 5 N–H and O–H groups in total. The fourth-order valence-electron chi connectivity index (χ4n) is 3.67. The second-order valence-electron chi connectivity index (χ2n) is 7.08. The van der Waals surface area contributed by atoms with Crippen LogP contribution in [0.2, 0.25) is 0 Å². The van der Waals surface area contributed by atoms with Crippen LogP contribution in [0.4, 0.5) is 5.82 Å². The first kappa shape index (κ1) is 19.3. The van der Waals surface area contributed by atoms with Crippen LogP contribution in [-0.4, -0.2) is 79.1 Å². The largest absolute Gasteiger partial charge is 0.460 e. The van der Waals surface area contributed by atoms with E-state index in [9.17, 15) is 10.2 Å². The van der Waals surface area contributed by atoms with Crippen molar-refractivity contribution in [3.05, 3.63) is 6.33 Å². The van der Waals surface area contributed by atoms with Gasteiger partial charge in [-0.1, -0.05) is 0 Å². The Labute approximate surface area is 161 Å². The predicted molar refractivity (Wildman–Crippen MR) is 96.4 cm³/mol. The van der Waals surface area contributed by atoms with Gasteiger partial charge >= 0.3 is 6.01 Å². The molecule has 11 heteroatoms. The molecule has 0 bridgehead atoms. The SMILES string of the molecule is Nc1nc(OC2CCCC2)nc2c1ncn2[C@@H]1O[C@H](COCCO)[C@@H](O)[C@H]1O. The van der Waals surface area contributed by atoms with Crippen LogP contribution in [0.3, 0.4) is 0 Å². The van der Waals surface area contributed by atoms with Crippen LogP contribution in [0.15, 0.2) is 6.33 Å². The van der Waals surface area contributed by atoms with E-state index in [1.165, 1.54) is 10.9 Å². The molecule has 4 rings (SSSR count). The van der Waals surface area contributed by atoms with Crippen LogP contribution in [0, 0.1) is 0 Å². The number of nitrogens with zero attached hydrogens (tertiary/aromatic N) is 4. The van der Waals surface area contributed by atoms with E-state index in [0.717, 1.165) is 25.7 Å². The first-order valence-electron chi connectivity index (χ1n) is 9.45. The first-order chi connectivity index (χ1) is 13.6. The van der Waals surface area contributed by atoms with Crippen LogP contribution < -0.4 is 10.5 Å². The minimum Gasteiger partial charge on any atom is -0.460 e. The molecule has 28 heavy (non-hydrogen) atoms. The molecule has 4 atom stereocenters. The summed E-state index contributed by atoms with van der Waals surface area (Å²) >= 11 is 0. The second-order valence-corrected chi connectivity index (χ2v) is 7.08. The van der Waals surface area contributed by atoms with E-state index < -0.39 is 24.5 Å². The zero-order valence-electron chi connectivity index (χ0n) is 15.3. The highest BCUT2D eigenvalue weighted by molar-refractivity contribution is 5.82. The number of hydrogen-bond acceptors (Lipinski definition) is 10. The molecule has 3 heterocycles. The standard InChI is InChI=1S/C17H25N5O6/c18-14-11-15(21-17(20-14)27-9-3-1-2-4-9)22(8-19-11)16-13(25)12(24)10(28-16)7-26-6-5-23/h8-10,12-13,16,23-25H,1-7H2,(H2,18,20,21)/t10-,12-,13-,16-/m1/s1. The summed E-state index contributed by atoms with van der Waals surface area (Å²) in [6, 6.07) is 0.162. The molecule has 0 radical (unpaired) electrons. The summed E-state index contributed by atoms with van der Waals surface area (Å²) in [5, 5.41) is 29.5. The maximum atomic E-state index is 10.4. The number of nitrogens with two attached hydrogens (primary N) is 1. The Bertz CT molecular complexity index is 811. The molecule has 1 aliphatic heterocycles. The van der Waals surface area contributed by atoms with Gasteiger partial charge in [0.15, 0.2) is 23.2 Å². The van der Waals surface area contributed by atoms with Crippen LogP contribution in [0.1, 0.15) is 31.9 Å². The van der Waals surface area contributed by atoms with Crippen LogP contribution in [0.25, 0.3) is 11.2 Å². The number of imidazole rings is 1. The van der Waals surface area contributed by atoms with Gasteiger partial charge < -0.3 is 35.3 Å². The van der Waals surface area contributed by atoms with Crippen molar-refractivity contribution in [1.29, 1.82) is 0 Å². The molecule has 154 valence electrons. The Hall–Kier alpha value is -2.05. The zero-order valence-corrected chi connectivity index (χ0v) is 15.3. The maximum Gasteiger partial charge on any atom is 0.320 e. The fourth-order valence-corrected chi connectivity index (χ4v) is 3.67. The highest BCUT2D eigenvalue weighted by Gasteiger charge is 2.44. The second kappa shape index (κ2) is 8.13. The average molecular weight is 395 g/mol. The Balaban J connectivity index is 1.58. The summed E-state index contributed by atoms with van der Waals surface area (Å²) in [5.41, 5.74) is 6.73. The third kappa shape index (κ3) is 3.63. The smallest absolute Gasteiger partial charge is 0.320 e. The van der Waals surface area contributed by atoms with Crippen molar-refractivity contribution in [1.82, 2.24) is 19.5 Å². The van der Waals surface area contributed by atoms with Crippen molar-refractivity contribution in [2.75, 3.05) is 25.6 Å². The number of anilines is 1. The molecule has 0 amide bonds. The first-order valence-corrected chi connectivity index (χ1v) is 9.45. The molecule has 2 aromatic heterocycles. The van der Waals surface area contributed by atoms with Gasteiger partial charge in [-0.05, 0) is 25.7 Å². The predicted octanol–water partition coefficient (Wildman–Crippen LogP) is -0.642. The topological polar surface area (TPSA) is 158 Å². The molecular weight excluding hydrogens is 370 g/mol. The van der Waals surface area contributed by atoms with E-state index >= 15 is 0 Å². The molecule has 0 unspecified atom stereocenters. The van der Waals surface area contributed by atoms with Crippen LogP contribution >= 0.6 is 0 Å². The number of nitrogen functional groups attached to an aromatic ring is 1. The minimum absolute atomic E-state index is 0.0368. The summed E-state index contributed by atoms with van der Waals surface area (Å²) in [4.78, 5) is 12.8. The van der Waals surface area contributed by atoms with Crippen LogP contribution in [0.5, 0.6) is 6.01 Å². The lowest BCUT2D eigenvalue weighted by atomic mass is 10.1. The lowest BCUT2D eigenvalue weighted by molar-refractivity contribution is -0.0684. The minimum atomic E-state index is -1.21. The lowest BCUT2D eigenvalue weighted by Gasteiger charge is -2.17. The molecular formula is C17H25N5O6. The van der Waals surface area contributed by atoms with Crippen molar-refractivity contribution >= 4 is 17.0 Å². The monoisotopic (exact) mass is 395 g/mol. The number of aromatic nitrogens is 4. The number of aliphatic hydroxyl groups excluding tert-OH is 3. The Morgan fingerprint density at radius 3 is 2.75 bits per heavy atom. The molecule has 1 saturated carbocycles. The fraction of sp³-hybridized carbons (Fsp3) is 0.706. The van der Waals surface area contributed by atoms with Gasteiger partial charge in [0.05, 0.1) is 26.1 Å². The Morgan fingerprint density at radius 1 is 1.21 bits per heavy atom. The van der Waals surface area contributed by atoms with E-state index in [1.807, 2.05) is 0 Å². The number of hydrogen-bond donors (Lipinski definition) is 4. The van der Waals surface area contributed by atoms with Crippen LogP contribution in [-0.2, 0) is 9.47 Å². The van der Waals surface area contributed by atoms with E-state index in [-0.39, 0.29) is 37.8 Å². The van der Waals surface area contributed by atoms with Gasteiger partial charge in [-0.15, -0.1) is 0 Å². The summed E-state index contributed by atoms with van der Waals surface area (Å²) in [6.45, 7) is 0.0168. The zero-order chi connectivity index (χ0) is 19.7. The van der Waals surface area contributed by atoms with Gasteiger partial charge in [-0.3, -0.25) is 4.57 Å². The van der Waals surface area contributed by atoms with Gasteiger partial charge in [-0.25, -0.2) is 4.98 Å². The van der Waals surface area contributed by atoms with E-state index in [1.54, 1.807) is 0 Å². The van der Waals surface area contributed by atoms with Crippen molar-refractivity contribution in [3.8, 4) is 6.01 Å². The molecule has 1 saturated heterocycles. The number of aliphatic hydroxyl groups is 3. The maximum absolute atomic E-state index is 10.4. The Kier molecular flexibility index (Phi) is 5.60. The lowest BCUT2D eigenvalue weighted by Crippen LogP contribution is -2.34. The molecule has 11 nitrogen and oxygen atoms in total. The Morgan fingerprint density at radius 2 is 2.00 bits per heavy atom. The van der Waals surface area contributed by atoms with Crippen molar-refractivity contribution in [2.24, 2.45) is 0 Å². The van der Waals surface area contributed by atoms with Gasteiger partial charge in [0.25, 0.3) is 0 Å².